The fourth-order valence-electron chi connectivity index (χ4n) is 7.30. The normalized spacial score (nSPS) is 29.5. The first-order valence-electron chi connectivity index (χ1n) is 21.2. The molecule has 2 heterocycles. The molecule has 0 saturated carbocycles. The summed E-state index contributed by atoms with van der Waals surface area (Å²) in [4.78, 5) is 26.5. The number of ether oxygens (including phenoxy) is 4. The molecular formula is C40H75NO14. The van der Waals surface area contributed by atoms with Crippen molar-refractivity contribution < 1.29 is 69.4 Å². The van der Waals surface area contributed by atoms with Gasteiger partial charge in [-0.2, -0.15) is 0 Å². The number of hydrogen-bond acceptors (Lipinski definition) is 14. The zero-order chi connectivity index (χ0) is 40.6. The van der Waals surface area contributed by atoms with E-state index in [1.165, 1.54) is 64.2 Å². The van der Waals surface area contributed by atoms with Crippen LogP contribution in [0.1, 0.15) is 155 Å². The topological polar surface area (TPSA) is 245 Å². The number of carbonyl (C=O) groups is 2. The summed E-state index contributed by atoms with van der Waals surface area (Å²) in [6, 6.07) is -1.50. The first kappa shape index (κ1) is 49.6. The lowest BCUT2D eigenvalue weighted by molar-refractivity contribution is -0.345. The molecular weight excluding hydrogens is 718 g/mol. The van der Waals surface area contributed by atoms with Gasteiger partial charge in [-0.25, -0.2) is 0 Å². The van der Waals surface area contributed by atoms with Gasteiger partial charge in [-0.05, 0) is 12.8 Å². The highest BCUT2D eigenvalue weighted by Crippen LogP contribution is 2.31. The maximum absolute atomic E-state index is 13.3. The van der Waals surface area contributed by atoms with Crippen LogP contribution >= 0.6 is 0 Å². The largest absolute Gasteiger partial charge is 0.457 e. The zero-order valence-corrected chi connectivity index (χ0v) is 33.4. The maximum atomic E-state index is 13.3. The monoisotopic (exact) mass is 794 g/mol. The van der Waals surface area contributed by atoms with Gasteiger partial charge in [0, 0.05) is 0 Å². The molecule has 324 valence electrons. The molecule has 15 heteroatoms. The second-order valence-corrected chi connectivity index (χ2v) is 15.5. The number of amides is 1. The van der Waals surface area contributed by atoms with Crippen molar-refractivity contribution in [3.05, 3.63) is 0 Å². The Morgan fingerprint density at radius 3 is 1.56 bits per heavy atom. The fraction of sp³-hybridized carbons (Fsp3) is 0.950. The number of aliphatic hydroxyl groups is 8. The van der Waals surface area contributed by atoms with Gasteiger partial charge in [0.15, 0.2) is 18.7 Å². The molecule has 2 fully saturated rings. The first-order chi connectivity index (χ1) is 26.5. The predicted octanol–water partition coefficient (Wildman–Crippen LogP) is 2.62. The van der Waals surface area contributed by atoms with E-state index in [2.05, 4.69) is 19.2 Å². The molecule has 0 aliphatic carbocycles. The summed E-state index contributed by atoms with van der Waals surface area (Å²) in [7, 11) is 0. The summed E-state index contributed by atoms with van der Waals surface area (Å²) < 4.78 is 22.7. The van der Waals surface area contributed by atoms with Crippen molar-refractivity contribution in [3.8, 4) is 0 Å². The van der Waals surface area contributed by atoms with Crippen LogP contribution in [-0.4, -0.2) is 140 Å². The smallest absolute Gasteiger partial charge is 0.308 e. The van der Waals surface area contributed by atoms with Crippen LogP contribution in [0.15, 0.2) is 0 Å². The third-order valence-corrected chi connectivity index (χ3v) is 10.7. The summed E-state index contributed by atoms with van der Waals surface area (Å²) in [5.74, 6) is -1.58. The van der Waals surface area contributed by atoms with E-state index in [1.807, 2.05) is 0 Å². The number of carbonyl (C=O) groups excluding carboxylic acids is 2. The molecule has 0 aromatic rings. The Labute approximate surface area is 328 Å². The van der Waals surface area contributed by atoms with Crippen LogP contribution < -0.4 is 5.32 Å². The minimum Gasteiger partial charge on any atom is -0.457 e. The Bertz CT molecular complexity index is 1010. The highest BCUT2D eigenvalue weighted by molar-refractivity contribution is 5.77. The number of unbranched alkanes of at least 4 members (excludes halogenated alkanes) is 16. The van der Waals surface area contributed by atoms with Crippen molar-refractivity contribution >= 4 is 11.9 Å². The van der Waals surface area contributed by atoms with Gasteiger partial charge in [0.25, 0.3) is 0 Å². The van der Waals surface area contributed by atoms with Gasteiger partial charge in [0.05, 0.1) is 38.3 Å². The van der Waals surface area contributed by atoms with Crippen LogP contribution in [-0.2, 0) is 28.5 Å². The lowest BCUT2D eigenvalue weighted by Gasteiger charge is -2.47. The lowest BCUT2D eigenvalue weighted by Crippen LogP contribution is -2.68. The fourth-order valence-corrected chi connectivity index (χ4v) is 7.30. The van der Waals surface area contributed by atoms with E-state index in [1.54, 1.807) is 0 Å². The molecule has 1 amide bonds. The highest BCUT2D eigenvalue weighted by Gasteiger charge is 2.53. The molecule has 55 heavy (non-hydrogen) atoms. The van der Waals surface area contributed by atoms with Gasteiger partial charge in [-0.1, -0.05) is 129 Å². The van der Waals surface area contributed by atoms with E-state index in [0.717, 1.165) is 44.9 Å². The van der Waals surface area contributed by atoms with E-state index in [0.29, 0.717) is 19.3 Å². The minimum atomic E-state index is -1.86. The van der Waals surface area contributed by atoms with Crippen molar-refractivity contribution in [2.75, 3.05) is 13.2 Å². The van der Waals surface area contributed by atoms with Gasteiger partial charge >= 0.3 is 5.97 Å². The molecule has 0 unspecified atom stereocenters. The minimum absolute atomic E-state index is 0.319. The molecule has 0 aromatic heterocycles. The maximum Gasteiger partial charge on any atom is 0.308 e. The van der Waals surface area contributed by atoms with Gasteiger partial charge < -0.3 is 65.1 Å². The average Bonchev–Trinajstić information content (AvgIpc) is 3.15. The molecule has 0 radical (unpaired) electrons. The summed E-state index contributed by atoms with van der Waals surface area (Å²) >= 11 is 0. The molecule has 9 N–H and O–H groups in total. The Hall–Kier alpha value is -1.50. The van der Waals surface area contributed by atoms with Crippen LogP contribution in [0.4, 0.5) is 0 Å². The molecule has 2 aliphatic heterocycles. The third kappa shape index (κ3) is 18.8. The molecule has 0 bridgehead atoms. The highest BCUT2D eigenvalue weighted by atomic mass is 16.7. The van der Waals surface area contributed by atoms with Gasteiger partial charge in [-0.15, -0.1) is 0 Å². The van der Waals surface area contributed by atoms with E-state index >= 15 is 0 Å². The summed E-state index contributed by atoms with van der Waals surface area (Å²) in [6.45, 7) is 2.83. The standard InChI is InChI=1S/C40H75NO14/c1-3-5-7-9-11-13-15-17-19-21-27(44)23-31(46)41-33-38(54-32(47)24-28(45)22-20-18-16-14-12-10-8-6-4-2)37(30(26-43)52-39(33)51)55-40-36(50)35(49)34(48)29(25-42)53-40/h27-30,33-40,42-45,48-51H,3-26H2,1-2H3,(H,41,46)/t27-,28-,29-,30-,33+,34-,35+,36+,37-,38-,39+,40+/m1/s1. The Morgan fingerprint density at radius 1 is 0.600 bits per heavy atom. The van der Waals surface area contributed by atoms with Gasteiger partial charge in [0.2, 0.25) is 5.91 Å². The summed E-state index contributed by atoms with van der Waals surface area (Å²) in [6.07, 6.45) is 2.91. The van der Waals surface area contributed by atoms with Crippen LogP contribution in [0.2, 0.25) is 0 Å². The van der Waals surface area contributed by atoms with Crippen LogP contribution in [0, 0.1) is 0 Å². The number of rotatable bonds is 30. The summed E-state index contributed by atoms with van der Waals surface area (Å²) in [5, 5.41) is 86.0. The van der Waals surface area contributed by atoms with Crippen LogP contribution in [0.5, 0.6) is 0 Å². The third-order valence-electron chi connectivity index (χ3n) is 10.7. The van der Waals surface area contributed by atoms with E-state index in [9.17, 15) is 50.4 Å². The van der Waals surface area contributed by atoms with E-state index < -0.39 is 105 Å². The van der Waals surface area contributed by atoms with E-state index in [4.69, 9.17) is 18.9 Å². The van der Waals surface area contributed by atoms with Crippen molar-refractivity contribution in [1.82, 2.24) is 5.32 Å². The lowest BCUT2D eigenvalue weighted by atomic mass is 9.94. The Kier molecular flexibility index (Phi) is 26.0. The molecule has 15 nitrogen and oxygen atoms in total. The Balaban J connectivity index is 2.07. The van der Waals surface area contributed by atoms with Gasteiger partial charge in [-0.3, -0.25) is 9.59 Å². The first-order valence-corrected chi connectivity index (χ1v) is 21.2. The Morgan fingerprint density at radius 2 is 1.07 bits per heavy atom. The number of esters is 1. The van der Waals surface area contributed by atoms with Crippen LogP contribution in [0.3, 0.4) is 0 Å². The zero-order valence-electron chi connectivity index (χ0n) is 33.4. The second kappa shape index (κ2) is 28.8. The molecule has 2 saturated heterocycles. The quantitative estimate of drug-likeness (QED) is 0.0375. The van der Waals surface area contributed by atoms with Crippen molar-refractivity contribution in [1.29, 1.82) is 0 Å². The SMILES string of the molecule is CCCCCCCCCCC[C@@H](O)CC(=O)N[C@H]1[C@@H](OC(=O)C[C@H](O)CCCCCCCCCCC)[C@H](O[C@@H]2O[C@H](CO)[C@@H](O)[C@H](O)[C@@H]2O)[C@@H](CO)O[C@@H]1O. The van der Waals surface area contributed by atoms with Crippen LogP contribution in [0.25, 0.3) is 0 Å². The van der Waals surface area contributed by atoms with E-state index in [-0.39, 0.29) is 6.42 Å². The van der Waals surface area contributed by atoms with Crippen molar-refractivity contribution in [2.45, 2.75) is 229 Å². The number of aliphatic hydroxyl groups excluding tert-OH is 8. The molecule has 0 spiro atoms. The molecule has 2 aliphatic rings. The predicted molar refractivity (Wildman–Crippen MR) is 203 cm³/mol. The summed E-state index contributed by atoms with van der Waals surface area (Å²) in [5.41, 5.74) is 0. The number of nitrogens with one attached hydrogen (secondary N) is 1. The van der Waals surface area contributed by atoms with Crippen molar-refractivity contribution in [3.63, 3.8) is 0 Å². The van der Waals surface area contributed by atoms with Gasteiger partial charge in [0.1, 0.15) is 42.7 Å². The number of hydrogen-bond donors (Lipinski definition) is 9. The average molecular weight is 794 g/mol. The second-order valence-electron chi connectivity index (χ2n) is 15.5. The molecule has 2 rings (SSSR count). The molecule has 0 aromatic carbocycles. The van der Waals surface area contributed by atoms with Crippen molar-refractivity contribution in [2.24, 2.45) is 0 Å². The molecule has 12 atom stereocenters.